The van der Waals surface area contributed by atoms with Crippen LogP contribution in [0.25, 0.3) is 0 Å². The molecule has 0 spiro atoms. The van der Waals surface area contributed by atoms with Gasteiger partial charge in [0.25, 0.3) is 0 Å². The van der Waals surface area contributed by atoms with E-state index in [9.17, 15) is 8.42 Å². The van der Waals surface area contributed by atoms with E-state index >= 15 is 0 Å². The van der Waals surface area contributed by atoms with Crippen LogP contribution in [0.2, 0.25) is 0 Å². The number of nitrogens with zero attached hydrogens (tertiary/aromatic N) is 2. The van der Waals surface area contributed by atoms with Crippen molar-refractivity contribution in [3.8, 4) is 5.75 Å². The van der Waals surface area contributed by atoms with E-state index in [0.29, 0.717) is 36.9 Å². The van der Waals surface area contributed by atoms with Gasteiger partial charge in [0.2, 0.25) is 10.0 Å². The monoisotopic (exact) mass is 388 g/mol. The summed E-state index contributed by atoms with van der Waals surface area (Å²) in [5.41, 5.74) is 0.807. The second-order valence-corrected chi connectivity index (χ2v) is 9.41. The number of hydrogen-bond donors (Lipinski definition) is 0. The van der Waals surface area contributed by atoms with Gasteiger partial charge in [0.05, 0.1) is 11.5 Å². The van der Waals surface area contributed by atoms with Crippen LogP contribution in [-0.4, -0.2) is 82.7 Å². The van der Waals surface area contributed by atoms with Crippen molar-refractivity contribution in [3.05, 3.63) is 23.8 Å². The van der Waals surface area contributed by atoms with Crippen molar-refractivity contribution in [1.82, 2.24) is 9.21 Å². The molecule has 0 radical (unpaired) electrons. The Morgan fingerprint density at radius 3 is 2.52 bits per heavy atom. The maximum atomic E-state index is 13.0. The maximum Gasteiger partial charge on any atom is 0.243 e. The summed E-state index contributed by atoms with van der Waals surface area (Å²) in [4.78, 5) is 2.43. The van der Waals surface area contributed by atoms with E-state index in [4.69, 9.17) is 9.47 Å². The molecule has 0 N–H and O–H groups in total. The Morgan fingerprint density at radius 1 is 1.28 bits per heavy atom. The van der Waals surface area contributed by atoms with Crippen LogP contribution in [0.5, 0.6) is 5.75 Å². The lowest BCUT2D eigenvalue weighted by Crippen LogP contribution is -2.37. The van der Waals surface area contributed by atoms with Gasteiger partial charge in [-0.2, -0.15) is 16.1 Å². The van der Waals surface area contributed by atoms with Gasteiger partial charge in [0.15, 0.2) is 0 Å². The zero-order chi connectivity index (χ0) is 18.6. The van der Waals surface area contributed by atoms with E-state index < -0.39 is 10.0 Å². The minimum absolute atomic E-state index is 0.225. The molecule has 8 heteroatoms. The Morgan fingerprint density at radius 2 is 2.00 bits per heavy atom. The molecule has 6 nitrogen and oxygen atoms in total. The lowest BCUT2D eigenvalue weighted by Gasteiger charge is -2.23. The molecule has 1 heterocycles. The summed E-state index contributed by atoms with van der Waals surface area (Å²) in [5, 5.41) is 0.280. The minimum atomic E-state index is -3.50. The summed E-state index contributed by atoms with van der Waals surface area (Å²) in [6.07, 6.45) is 2.04. The van der Waals surface area contributed by atoms with Gasteiger partial charge in [0.1, 0.15) is 12.4 Å². The van der Waals surface area contributed by atoms with Crippen molar-refractivity contribution >= 4 is 21.8 Å². The molecule has 0 amide bonds. The molecule has 0 bridgehead atoms. The number of thioether (sulfide) groups is 1. The Hall–Kier alpha value is -0.800. The third-order valence-corrected chi connectivity index (χ3v) is 7.40. The molecule has 0 aromatic heterocycles. The Bertz CT molecular complexity index is 679. The van der Waals surface area contributed by atoms with Crippen LogP contribution in [-0.2, 0) is 14.8 Å². The van der Waals surface area contributed by atoms with Crippen LogP contribution in [0, 0.1) is 6.92 Å². The molecule has 2 atom stereocenters. The average Bonchev–Trinajstić information content (AvgIpc) is 3.02. The molecule has 25 heavy (non-hydrogen) atoms. The number of ether oxygens (including phenoxy) is 2. The number of aryl methyl sites for hydroxylation is 1. The summed E-state index contributed by atoms with van der Waals surface area (Å²) in [6.45, 7) is 3.85. The van der Waals surface area contributed by atoms with E-state index in [0.717, 1.165) is 5.56 Å². The van der Waals surface area contributed by atoms with Crippen LogP contribution in [0.15, 0.2) is 23.1 Å². The molecule has 2 rings (SSSR count). The molecule has 142 valence electrons. The van der Waals surface area contributed by atoms with Crippen molar-refractivity contribution in [1.29, 1.82) is 0 Å². The van der Waals surface area contributed by atoms with Crippen LogP contribution in [0.1, 0.15) is 5.56 Å². The molecule has 1 aliphatic heterocycles. The van der Waals surface area contributed by atoms with Gasteiger partial charge in [0, 0.05) is 31.5 Å². The van der Waals surface area contributed by atoms with Gasteiger partial charge in [-0.15, -0.1) is 0 Å². The lowest BCUT2D eigenvalue weighted by atomic mass is 10.2. The number of hydrogen-bond acceptors (Lipinski definition) is 6. The first-order chi connectivity index (χ1) is 11.8. The molecule has 0 saturated carbocycles. The zero-order valence-corrected chi connectivity index (χ0v) is 17.2. The summed E-state index contributed by atoms with van der Waals surface area (Å²) in [6, 6.07) is 5.27. The van der Waals surface area contributed by atoms with E-state index in [1.165, 1.54) is 0 Å². The number of rotatable bonds is 8. The van der Waals surface area contributed by atoms with E-state index in [1.54, 1.807) is 41.4 Å². The molecule has 1 saturated heterocycles. The molecule has 0 unspecified atom stereocenters. The van der Waals surface area contributed by atoms with Gasteiger partial charge < -0.3 is 14.4 Å². The van der Waals surface area contributed by atoms with Crippen molar-refractivity contribution in [2.45, 2.75) is 23.1 Å². The SMILES string of the molecule is COCCOc1ccc(S(=O)(=O)N2C[C@H](SC)[C@H](N(C)C)C2)cc1C. The maximum absolute atomic E-state index is 13.0. The Labute approximate surface area is 155 Å². The van der Waals surface area contributed by atoms with Gasteiger partial charge in [-0.25, -0.2) is 8.42 Å². The van der Waals surface area contributed by atoms with Crippen LogP contribution in [0.3, 0.4) is 0 Å². The van der Waals surface area contributed by atoms with Crippen LogP contribution >= 0.6 is 11.8 Å². The topological polar surface area (TPSA) is 59.1 Å². The third kappa shape index (κ3) is 4.68. The smallest absolute Gasteiger partial charge is 0.243 e. The highest BCUT2D eigenvalue weighted by atomic mass is 32.2. The third-order valence-electron chi connectivity index (χ3n) is 4.50. The average molecular weight is 389 g/mol. The number of benzene rings is 1. The second-order valence-electron chi connectivity index (χ2n) is 6.40. The zero-order valence-electron chi connectivity index (χ0n) is 15.6. The van der Waals surface area contributed by atoms with Gasteiger partial charge in [-0.05, 0) is 51.0 Å². The molecule has 0 aliphatic carbocycles. The van der Waals surface area contributed by atoms with Crippen molar-refractivity contribution in [2.75, 3.05) is 53.8 Å². The molecule has 1 aliphatic rings. The fourth-order valence-corrected chi connectivity index (χ4v) is 5.61. The highest BCUT2D eigenvalue weighted by molar-refractivity contribution is 7.99. The summed E-state index contributed by atoms with van der Waals surface area (Å²) < 4.78 is 38.2. The standard InChI is InChI=1S/C17H28N2O4S2/c1-13-10-14(6-7-16(13)23-9-8-22-4)25(20,21)19-11-15(18(2)3)17(12-19)24-5/h6-7,10,15,17H,8-9,11-12H2,1-5H3/t15-,17+/m1/s1. The lowest BCUT2D eigenvalue weighted by molar-refractivity contribution is 0.146. The quantitative estimate of drug-likeness (QED) is 0.632. The van der Waals surface area contributed by atoms with Gasteiger partial charge >= 0.3 is 0 Å². The molecule has 1 aromatic carbocycles. The van der Waals surface area contributed by atoms with Crippen molar-refractivity contribution in [2.24, 2.45) is 0 Å². The molecular formula is C17H28N2O4S2. The number of likely N-dealkylation sites (N-methyl/N-ethyl adjacent to an activating group) is 1. The Kier molecular flexibility index (Phi) is 7.16. The highest BCUT2D eigenvalue weighted by Crippen LogP contribution is 2.30. The van der Waals surface area contributed by atoms with Crippen molar-refractivity contribution < 1.29 is 17.9 Å². The Balaban J connectivity index is 2.18. The first-order valence-electron chi connectivity index (χ1n) is 8.23. The van der Waals surface area contributed by atoms with Gasteiger partial charge in [-0.3, -0.25) is 0 Å². The van der Waals surface area contributed by atoms with E-state index in [-0.39, 0.29) is 11.3 Å². The molecule has 1 aromatic rings. The predicted octanol–water partition coefficient (Wildman–Crippen LogP) is 1.69. The normalized spacial score (nSPS) is 21.8. The predicted molar refractivity (Wildman–Crippen MR) is 102 cm³/mol. The first kappa shape index (κ1) is 20.5. The molecular weight excluding hydrogens is 360 g/mol. The van der Waals surface area contributed by atoms with E-state index in [1.807, 2.05) is 27.3 Å². The first-order valence-corrected chi connectivity index (χ1v) is 11.0. The number of methoxy groups -OCH3 is 1. The highest BCUT2D eigenvalue weighted by Gasteiger charge is 2.40. The van der Waals surface area contributed by atoms with E-state index in [2.05, 4.69) is 4.90 Å². The summed E-state index contributed by atoms with van der Waals surface area (Å²) >= 11 is 1.72. The molecule has 1 fully saturated rings. The fourth-order valence-electron chi connectivity index (χ4n) is 2.98. The summed E-state index contributed by atoms with van der Waals surface area (Å²) in [7, 11) is 2.12. The minimum Gasteiger partial charge on any atom is -0.491 e. The fraction of sp³-hybridized carbons (Fsp3) is 0.647. The largest absolute Gasteiger partial charge is 0.491 e. The summed E-state index contributed by atoms with van der Waals surface area (Å²) in [5.74, 6) is 0.686. The van der Waals surface area contributed by atoms with Crippen LogP contribution < -0.4 is 4.74 Å². The van der Waals surface area contributed by atoms with Gasteiger partial charge in [-0.1, -0.05) is 0 Å². The second kappa shape index (κ2) is 8.73. The van der Waals surface area contributed by atoms with Crippen molar-refractivity contribution in [3.63, 3.8) is 0 Å². The van der Waals surface area contributed by atoms with Crippen LogP contribution in [0.4, 0.5) is 0 Å². The number of sulfonamides is 1.